The Hall–Kier alpha value is -2.54. The maximum atomic E-state index is 13.1. The fraction of sp³-hybridized carbons (Fsp3) is 0.409. The number of hydrogen-bond donors (Lipinski definition) is 1. The van der Waals surface area contributed by atoms with E-state index >= 15 is 0 Å². The van der Waals surface area contributed by atoms with E-state index in [0.717, 1.165) is 37.0 Å². The second-order valence-electron chi connectivity index (χ2n) is 7.16. The molecule has 0 spiro atoms. The quantitative estimate of drug-likeness (QED) is 0.738. The first-order valence-electron chi connectivity index (χ1n) is 9.78. The molecule has 2 aromatic rings. The highest BCUT2D eigenvalue weighted by Crippen LogP contribution is 2.35. The summed E-state index contributed by atoms with van der Waals surface area (Å²) in [5, 5.41) is 2.48. The van der Waals surface area contributed by atoms with Crippen molar-refractivity contribution in [2.75, 3.05) is 25.0 Å². The summed E-state index contributed by atoms with van der Waals surface area (Å²) in [5.74, 6) is 0.199. The van der Waals surface area contributed by atoms with Gasteiger partial charge in [0.2, 0.25) is 5.91 Å². The normalized spacial score (nSPS) is 15.9. The molecule has 1 fully saturated rings. The highest BCUT2D eigenvalue weighted by Gasteiger charge is 2.34. The molecule has 7 heteroatoms. The Morgan fingerprint density at radius 2 is 1.86 bits per heavy atom. The van der Waals surface area contributed by atoms with Crippen molar-refractivity contribution in [3.63, 3.8) is 0 Å². The van der Waals surface area contributed by atoms with Crippen LogP contribution in [0.4, 0.5) is 18.9 Å². The first kappa shape index (κ1) is 21.2. The van der Waals surface area contributed by atoms with E-state index in [2.05, 4.69) is 10.2 Å². The van der Waals surface area contributed by atoms with Gasteiger partial charge in [-0.2, -0.15) is 13.2 Å². The van der Waals surface area contributed by atoms with Crippen LogP contribution in [0.15, 0.2) is 48.5 Å². The third-order valence-corrected chi connectivity index (χ3v) is 5.06. The van der Waals surface area contributed by atoms with Crippen LogP contribution in [0.25, 0.3) is 0 Å². The number of carbonyl (C=O) groups is 1. The molecule has 0 aromatic heterocycles. The van der Waals surface area contributed by atoms with Crippen molar-refractivity contribution in [2.45, 2.75) is 32.5 Å². The molecule has 0 unspecified atom stereocenters. The number of piperidine rings is 1. The minimum absolute atomic E-state index is 0.180. The van der Waals surface area contributed by atoms with Gasteiger partial charge < -0.3 is 10.1 Å². The molecule has 1 saturated heterocycles. The number of benzene rings is 2. The van der Waals surface area contributed by atoms with Crippen LogP contribution in [-0.2, 0) is 17.5 Å². The van der Waals surface area contributed by atoms with Crippen molar-refractivity contribution >= 4 is 11.6 Å². The van der Waals surface area contributed by atoms with Gasteiger partial charge in [0.15, 0.2) is 0 Å². The number of anilines is 1. The van der Waals surface area contributed by atoms with Crippen LogP contribution in [0.2, 0.25) is 0 Å². The summed E-state index contributed by atoms with van der Waals surface area (Å²) in [7, 11) is 0. The first-order chi connectivity index (χ1) is 13.9. The highest BCUT2D eigenvalue weighted by molar-refractivity contribution is 5.93. The van der Waals surface area contributed by atoms with Gasteiger partial charge in [-0.05, 0) is 62.7 Å². The SMILES string of the molecule is CCOc1cccc(CN2CCC(C(=O)Nc3ccccc3C(F)(F)F)CC2)c1. The molecule has 156 valence electrons. The number of carbonyl (C=O) groups excluding carboxylic acids is 1. The Labute approximate surface area is 168 Å². The van der Waals surface area contributed by atoms with E-state index in [-0.39, 0.29) is 17.5 Å². The number of ether oxygens (including phenoxy) is 1. The van der Waals surface area contributed by atoms with Gasteiger partial charge >= 0.3 is 6.18 Å². The second-order valence-corrected chi connectivity index (χ2v) is 7.16. The summed E-state index contributed by atoms with van der Waals surface area (Å²) < 4.78 is 44.9. The summed E-state index contributed by atoms with van der Waals surface area (Å²) >= 11 is 0. The third-order valence-electron chi connectivity index (χ3n) is 5.06. The Bertz CT molecular complexity index is 831. The Kier molecular flexibility index (Phi) is 6.79. The number of likely N-dealkylation sites (tertiary alicyclic amines) is 1. The van der Waals surface area contributed by atoms with Crippen molar-refractivity contribution in [3.8, 4) is 5.75 Å². The third kappa shape index (κ3) is 5.73. The van der Waals surface area contributed by atoms with E-state index < -0.39 is 11.7 Å². The number of rotatable bonds is 6. The fourth-order valence-corrected chi connectivity index (χ4v) is 3.59. The Morgan fingerprint density at radius 3 is 2.55 bits per heavy atom. The molecule has 0 radical (unpaired) electrons. The maximum Gasteiger partial charge on any atom is 0.418 e. The lowest BCUT2D eigenvalue weighted by Crippen LogP contribution is -2.38. The van der Waals surface area contributed by atoms with Crippen LogP contribution in [-0.4, -0.2) is 30.5 Å². The van der Waals surface area contributed by atoms with Crippen LogP contribution in [0, 0.1) is 5.92 Å². The highest BCUT2D eigenvalue weighted by atomic mass is 19.4. The number of alkyl halides is 3. The van der Waals surface area contributed by atoms with Crippen LogP contribution >= 0.6 is 0 Å². The number of nitrogens with one attached hydrogen (secondary N) is 1. The molecule has 1 aliphatic rings. The summed E-state index contributed by atoms with van der Waals surface area (Å²) in [5.41, 5.74) is 0.137. The zero-order valence-electron chi connectivity index (χ0n) is 16.3. The zero-order valence-corrected chi connectivity index (χ0v) is 16.3. The molecule has 2 aromatic carbocycles. The lowest BCUT2D eigenvalue weighted by molar-refractivity contribution is -0.137. The largest absolute Gasteiger partial charge is 0.494 e. The number of hydrogen-bond acceptors (Lipinski definition) is 3. The Morgan fingerprint density at radius 1 is 1.14 bits per heavy atom. The van der Waals surface area contributed by atoms with E-state index in [9.17, 15) is 18.0 Å². The fourth-order valence-electron chi connectivity index (χ4n) is 3.59. The van der Waals surface area contributed by atoms with Crippen molar-refractivity contribution in [2.24, 2.45) is 5.92 Å². The van der Waals surface area contributed by atoms with E-state index in [1.807, 2.05) is 31.2 Å². The Balaban J connectivity index is 1.55. The number of para-hydroxylation sites is 1. The van der Waals surface area contributed by atoms with Crippen molar-refractivity contribution in [1.29, 1.82) is 0 Å². The van der Waals surface area contributed by atoms with Crippen molar-refractivity contribution in [3.05, 3.63) is 59.7 Å². The van der Waals surface area contributed by atoms with E-state index in [4.69, 9.17) is 4.74 Å². The van der Waals surface area contributed by atoms with Crippen molar-refractivity contribution < 1.29 is 22.7 Å². The maximum absolute atomic E-state index is 13.1. The van der Waals surface area contributed by atoms with E-state index in [0.29, 0.717) is 19.4 Å². The molecular formula is C22H25F3N2O2. The molecule has 0 bridgehead atoms. The van der Waals surface area contributed by atoms with Crippen LogP contribution in [0.1, 0.15) is 30.9 Å². The summed E-state index contributed by atoms with van der Waals surface area (Å²) in [6, 6.07) is 13.0. The van der Waals surface area contributed by atoms with Gasteiger partial charge in [-0.25, -0.2) is 0 Å². The van der Waals surface area contributed by atoms with E-state index in [1.54, 1.807) is 0 Å². The zero-order chi connectivity index (χ0) is 20.9. The van der Waals surface area contributed by atoms with Crippen LogP contribution in [0.5, 0.6) is 5.75 Å². The molecule has 3 rings (SSSR count). The first-order valence-corrected chi connectivity index (χ1v) is 9.78. The van der Waals surface area contributed by atoms with E-state index in [1.165, 1.54) is 18.2 Å². The average molecular weight is 406 g/mol. The second kappa shape index (κ2) is 9.31. The lowest BCUT2D eigenvalue weighted by Gasteiger charge is -2.31. The van der Waals surface area contributed by atoms with Gasteiger partial charge in [0.25, 0.3) is 0 Å². The minimum Gasteiger partial charge on any atom is -0.494 e. The smallest absolute Gasteiger partial charge is 0.418 e. The molecule has 1 amide bonds. The van der Waals surface area contributed by atoms with Gasteiger partial charge in [-0.1, -0.05) is 24.3 Å². The number of nitrogens with zero attached hydrogens (tertiary/aromatic N) is 1. The van der Waals surface area contributed by atoms with Gasteiger partial charge in [0.1, 0.15) is 5.75 Å². The molecule has 1 N–H and O–H groups in total. The van der Waals surface area contributed by atoms with Crippen molar-refractivity contribution in [1.82, 2.24) is 4.90 Å². The van der Waals surface area contributed by atoms with Crippen LogP contribution in [0.3, 0.4) is 0 Å². The minimum atomic E-state index is -4.50. The predicted octanol–water partition coefficient (Wildman–Crippen LogP) is 4.95. The van der Waals surface area contributed by atoms with Crippen LogP contribution < -0.4 is 10.1 Å². The van der Waals surface area contributed by atoms with Gasteiger partial charge in [0, 0.05) is 12.5 Å². The lowest BCUT2D eigenvalue weighted by atomic mass is 9.95. The molecular weight excluding hydrogens is 381 g/mol. The summed E-state index contributed by atoms with van der Waals surface area (Å²) in [6.45, 7) is 4.75. The standard InChI is InChI=1S/C22H25F3N2O2/c1-2-29-18-7-5-6-16(14-18)15-27-12-10-17(11-13-27)21(28)26-20-9-4-3-8-19(20)22(23,24)25/h3-9,14,17H,2,10-13,15H2,1H3,(H,26,28). The molecule has 4 nitrogen and oxygen atoms in total. The van der Waals surface area contributed by atoms with Gasteiger partial charge in [-0.15, -0.1) is 0 Å². The number of halogens is 3. The average Bonchev–Trinajstić information content (AvgIpc) is 2.69. The topological polar surface area (TPSA) is 41.6 Å². The summed E-state index contributed by atoms with van der Waals surface area (Å²) in [6.07, 6.45) is -3.26. The van der Waals surface area contributed by atoms with Gasteiger partial charge in [-0.3, -0.25) is 9.69 Å². The molecule has 0 aliphatic carbocycles. The molecule has 1 heterocycles. The summed E-state index contributed by atoms with van der Waals surface area (Å²) in [4.78, 5) is 14.8. The monoisotopic (exact) mass is 406 g/mol. The van der Waals surface area contributed by atoms with Gasteiger partial charge in [0.05, 0.1) is 17.9 Å². The molecule has 0 atom stereocenters. The molecule has 0 saturated carbocycles. The number of amides is 1. The predicted molar refractivity (Wildman–Crippen MR) is 106 cm³/mol. The molecule has 29 heavy (non-hydrogen) atoms. The molecule has 1 aliphatic heterocycles.